The Kier molecular flexibility index (Phi) is 4.95. The molecule has 0 atom stereocenters. The fraction of sp³-hybridized carbons (Fsp3) is 0.105. The average molecular weight is 353 g/mol. The van der Waals surface area contributed by atoms with Crippen LogP contribution in [0.1, 0.15) is 21.7 Å². The van der Waals surface area contributed by atoms with Gasteiger partial charge in [-0.2, -0.15) is 0 Å². The van der Waals surface area contributed by atoms with Crippen molar-refractivity contribution in [2.75, 3.05) is 10.6 Å². The summed E-state index contributed by atoms with van der Waals surface area (Å²) in [4.78, 5) is 21.0. The van der Waals surface area contributed by atoms with E-state index in [-0.39, 0.29) is 5.91 Å². The van der Waals surface area contributed by atoms with Crippen LogP contribution in [0.2, 0.25) is 5.02 Å². The number of carbonyl (C=O) groups excluding carboxylic acids is 1. The minimum absolute atomic E-state index is 0.198. The number of carbonyl (C=O) groups is 1. The molecule has 126 valence electrons. The molecule has 0 saturated carbocycles. The van der Waals surface area contributed by atoms with Crippen molar-refractivity contribution in [2.45, 2.75) is 13.8 Å². The first kappa shape index (κ1) is 16.9. The molecule has 2 N–H and O–H groups in total. The minimum Gasteiger partial charge on any atom is -0.324 e. The normalized spacial score (nSPS) is 10.4. The maximum Gasteiger partial charge on any atom is 0.255 e. The number of aromatic nitrogens is 2. The first-order chi connectivity index (χ1) is 12.0. The summed E-state index contributed by atoms with van der Waals surface area (Å²) in [6.45, 7) is 3.84. The van der Waals surface area contributed by atoms with E-state index in [1.165, 1.54) is 0 Å². The molecule has 3 aromatic rings. The van der Waals surface area contributed by atoms with Crippen LogP contribution in [0.3, 0.4) is 0 Å². The topological polar surface area (TPSA) is 66.9 Å². The van der Waals surface area contributed by atoms with Gasteiger partial charge in [0.1, 0.15) is 0 Å². The summed E-state index contributed by atoms with van der Waals surface area (Å²) in [5.41, 5.74) is 3.79. The number of nitrogens with zero attached hydrogens (tertiary/aromatic N) is 2. The minimum atomic E-state index is -0.198. The second-order valence-electron chi connectivity index (χ2n) is 5.64. The molecule has 1 heterocycles. The van der Waals surface area contributed by atoms with Crippen molar-refractivity contribution in [2.24, 2.45) is 0 Å². The van der Waals surface area contributed by atoms with E-state index < -0.39 is 0 Å². The molecule has 0 spiro atoms. The highest BCUT2D eigenvalue weighted by molar-refractivity contribution is 6.30. The lowest BCUT2D eigenvalue weighted by atomic mass is 10.2. The van der Waals surface area contributed by atoms with Crippen molar-refractivity contribution >= 4 is 34.8 Å². The van der Waals surface area contributed by atoms with Gasteiger partial charge in [-0.05, 0) is 62.4 Å². The van der Waals surface area contributed by atoms with E-state index in [0.717, 1.165) is 17.1 Å². The van der Waals surface area contributed by atoms with Gasteiger partial charge in [0.2, 0.25) is 5.95 Å². The Bertz CT molecular complexity index is 889. The smallest absolute Gasteiger partial charge is 0.255 e. The van der Waals surface area contributed by atoms with Crippen molar-refractivity contribution in [3.8, 4) is 0 Å². The van der Waals surface area contributed by atoms with Crippen LogP contribution in [-0.4, -0.2) is 15.9 Å². The van der Waals surface area contributed by atoms with Gasteiger partial charge in [0.05, 0.1) is 0 Å². The van der Waals surface area contributed by atoms with Crippen molar-refractivity contribution in [3.63, 3.8) is 0 Å². The van der Waals surface area contributed by atoms with Gasteiger partial charge in [-0.25, -0.2) is 9.97 Å². The number of rotatable bonds is 4. The highest BCUT2D eigenvalue weighted by atomic mass is 35.5. The van der Waals surface area contributed by atoms with Gasteiger partial charge in [-0.3, -0.25) is 4.79 Å². The Morgan fingerprint density at radius 1 is 0.920 bits per heavy atom. The molecule has 2 aromatic carbocycles. The third-order valence-corrected chi connectivity index (χ3v) is 3.72. The van der Waals surface area contributed by atoms with E-state index in [9.17, 15) is 4.79 Å². The zero-order valence-electron chi connectivity index (χ0n) is 13.9. The average Bonchev–Trinajstić information content (AvgIpc) is 2.54. The maximum atomic E-state index is 12.3. The Morgan fingerprint density at radius 3 is 2.24 bits per heavy atom. The zero-order valence-corrected chi connectivity index (χ0v) is 14.6. The highest BCUT2D eigenvalue weighted by Crippen LogP contribution is 2.19. The van der Waals surface area contributed by atoms with Crippen LogP contribution in [0.15, 0.2) is 54.6 Å². The highest BCUT2D eigenvalue weighted by Gasteiger charge is 2.07. The van der Waals surface area contributed by atoms with Gasteiger partial charge >= 0.3 is 0 Å². The number of amides is 1. The van der Waals surface area contributed by atoms with Crippen LogP contribution in [-0.2, 0) is 0 Å². The summed E-state index contributed by atoms with van der Waals surface area (Å²) in [5, 5.41) is 6.61. The van der Waals surface area contributed by atoms with Crippen molar-refractivity contribution in [3.05, 3.63) is 76.6 Å². The molecule has 0 fully saturated rings. The number of aryl methyl sites for hydroxylation is 2. The molecule has 0 radical (unpaired) electrons. The van der Waals surface area contributed by atoms with Crippen molar-refractivity contribution in [1.82, 2.24) is 9.97 Å². The van der Waals surface area contributed by atoms with Gasteiger partial charge in [-0.1, -0.05) is 17.7 Å². The molecule has 0 aliphatic carbocycles. The maximum absolute atomic E-state index is 12.3. The predicted molar refractivity (Wildman–Crippen MR) is 101 cm³/mol. The van der Waals surface area contributed by atoms with E-state index in [1.54, 1.807) is 24.3 Å². The molecule has 0 unspecified atom stereocenters. The van der Waals surface area contributed by atoms with E-state index in [0.29, 0.717) is 22.2 Å². The van der Waals surface area contributed by atoms with Crippen LogP contribution in [0.25, 0.3) is 0 Å². The molecule has 0 bridgehead atoms. The fourth-order valence-corrected chi connectivity index (χ4v) is 2.52. The predicted octanol–water partition coefficient (Wildman–Crippen LogP) is 4.74. The van der Waals surface area contributed by atoms with Crippen LogP contribution >= 0.6 is 11.6 Å². The number of nitrogens with one attached hydrogen (secondary N) is 2. The molecule has 6 heteroatoms. The lowest BCUT2D eigenvalue weighted by Gasteiger charge is -2.09. The molecule has 1 amide bonds. The third kappa shape index (κ3) is 4.55. The Morgan fingerprint density at radius 2 is 1.56 bits per heavy atom. The SMILES string of the molecule is Cc1cc(C)nc(Nc2cccc(NC(=O)c3ccc(Cl)cc3)c2)n1. The quantitative estimate of drug-likeness (QED) is 0.711. The van der Waals surface area contributed by atoms with E-state index in [2.05, 4.69) is 20.6 Å². The van der Waals surface area contributed by atoms with E-state index >= 15 is 0 Å². The van der Waals surface area contributed by atoms with Gasteiger partial charge < -0.3 is 10.6 Å². The second kappa shape index (κ2) is 7.32. The number of benzene rings is 2. The molecule has 5 nitrogen and oxygen atoms in total. The van der Waals surface area contributed by atoms with Gasteiger partial charge in [0, 0.05) is 33.3 Å². The van der Waals surface area contributed by atoms with Crippen molar-refractivity contribution < 1.29 is 4.79 Å². The summed E-state index contributed by atoms with van der Waals surface area (Å²) in [6, 6.07) is 16.0. The Hall–Kier alpha value is -2.92. The van der Waals surface area contributed by atoms with Crippen LogP contribution in [0.4, 0.5) is 17.3 Å². The third-order valence-electron chi connectivity index (χ3n) is 3.47. The monoisotopic (exact) mass is 352 g/mol. The Labute approximate surface area is 151 Å². The Balaban J connectivity index is 1.74. The standard InChI is InChI=1S/C19H17ClN4O/c1-12-10-13(2)22-19(21-12)24-17-5-3-4-16(11-17)23-18(25)14-6-8-15(20)9-7-14/h3-11H,1-2H3,(H,23,25)(H,21,22,24). The van der Waals surface area contributed by atoms with Gasteiger partial charge in [0.25, 0.3) is 5.91 Å². The van der Waals surface area contributed by atoms with Crippen LogP contribution in [0, 0.1) is 13.8 Å². The number of anilines is 3. The largest absolute Gasteiger partial charge is 0.324 e. The lowest BCUT2D eigenvalue weighted by molar-refractivity contribution is 0.102. The summed E-state index contributed by atoms with van der Waals surface area (Å²) in [5.74, 6) is 0.329. The zero-order chi connectivity index (χ0) is 17.8. The molecule has 3 rings (SSSR count). The number of hydrogen-bond donors (Lipinski definition) is 2. The summed E-state index contributed by atoms with van der Waals surface area (Å²) >= 11 is 5.84. The number of halogens is 1. The second-order valence-corrected chi connectivity index (χ2v) is 6.08. The molecular weight excluding hydrogens is 336 g/mol. The molecule has 0 aliphatic heterocycles. The first-order valence-corrected chi connectivity index (χ1v) is 8.14. The van der Waals surface area contributed by atoms with E-state index in [4.69, 9.17) is 11.6 Å². The van der Waals surface area contributed by atoms with Crippen LogP contribution < -0.4 is 10.6 Å². The fourth-order valence-electron chi connectivity index (χ4n) is 2.39. The first-order valence-electron chi connectivity index (χ1n) is 7.76. The molecule has 1 aromatic heterocycles. The van der Waals surface area contributed by atoms with Crippen LogP contribution in [0.5, 0.6) is 0 Å². The molecular formula is C19H17ClN4O. The van der Waals surface area contributed by atoms with Crippen molar-refractivity contribution in [1.29, 1.82) is 0 Å². The van der Waals surface area contributed by atoms with Gasteiger partial charge in [0.15, 0.2) is 0 Å². The summed E-state index contributed by atoms with van der Waals surface area (Å²) in [7, 11) is 0. The molecule has 0 aliphatic rings. The number of hydrogen-bond acceptors (Lipinski definition) is 4. The molecule has 0 saturated heterocycles. The summed E-state index contributed by atoms with van der Waals surface area (Å²) < 4.78 is 0. The molecule has 25 heavy (non-hydrogen) atoms. The summed E-state index contributed by atoms with van der Waals surface area (Å²) in [6.07, 6.45) is 0. The van der Waals surface area contributed by atoms with Gasteiger partial charge in [-0.15, -0.1) is 0 Å². The van der Waals surface area contributed by atoms with E-state index in [1.807, 2.05) is 44.2 Å². The lowest BCUT2D eigenvalue weighted by Crippen LogP contribution is -2.11.